The molecule has 1 aromatic carbocycles. The molecule has 21 heavy (non-hydrogen) atoms. The monoisotopic (exact) mass is 297 g/mol. The molecule has 1 aromatic heterocycles. The first-order valence-electron chi connectivity index (χ1n) is 6.75. The largest absolute Gasteiger partial charge is 0.416 e. The molecule has 0 amide bonds. The van der Waals surface area contributed by atoms with Gasteiger partial charge in [0.1, 0.15) is 0 Å². The van der Waals surface area contributed by atoms with Crippen molar-refractivity contribution in [2.75, 3.05) is 6.54 Å². The number of alkyl halides is 3. The molecule has 0 aliphatic rings. The minimum absolute atomic E-state index is 0.143. The van der Waals surface area contributed by atoms with Crippen molar-refractivity contribution in [1.29, 1.82) is 0 Å². The molecule has 0 radical (unpaired) electrons. The number of hydrogen-bond donors (Lipinski definition) is 1. The van der Waals surface area contributed by atoms with Crippen molar-refractivity contribution >= 4 is 0 Å². The van der Waals surface area contributed by atoms with Crippen LogP contribution in [0.2, 0.25) is 0 Å². The van der Waals surface area contributed by atoms with Gasteiger partial charge in [0.05, 0.1) is 11.3 Å². The smallest absolute Gasteiger partial charge is 0.310 e. The van der Waals surface area contributed by atoms with Crippen molar-refractivity contribution in [3.8, 4) is 0 Å². The molecule has 6 heteroatoms. The molecule has 2 rings (SSSR count). The van der Waals surface area contributed by atoms with Crippen molar-refractivity contribution in [3.05, 3.63) is 53.3 Å². The van der Waals surface area contributed by atoms with E-state index in [0.29, 0.717) is 12.1 Å². The zero-order valence-corrected chi connectivity index (χ0v) is 12.0. The van der Waals surface area contributed by atoms with Gasteiger partial charge in [-0.3, -0.25) is 4.68 Å². The van der Waals surface area contributed by atoms with Gasteiger partial charge in [0.15, 0.2) is 0 Å². The molecule has 0 bridgehead atoms. The number of rotatable bonds is 5. The van der Waals surface area contributed by atoms with E-state index in [1.165, 1.54) is 12.1 Å². The maximum Gasteiger partial charge on any atom is 0.416 e. The third kappa shape index (κ3) is 4.32. The van der Waals surface area contributed by atoms with Crippen molar-refractivity contribution in [2.45, 2.75) is 25.6 Å². The second-order valence-corrected chi connectivity index (χ2v) is 5.03. The number of halogens is 3. The summed E-state index contributed by atoms with van der Waals surface area (Å²) < 4.78 is 39.8. The highest BCUT2D eigenvalue weighted by Gasteiger charge is 2.30. The fourth-order valence-corrected chi connectivity index (χ4v) is 2.12. The zero-order chi connectivity index (χ0) is 15.5. The quantitative estimate of drug-likeness (QED) is 0.917. The average molecular weight is 297 g/mol. The molecule has 114 valence electrons. The van der Waals surface area contributed by atoms with E-state index in [1.54, 1.807) is 10.7 Å². The second kappa shape index (κ2) is 6.30. The van der Waals surface area contributed by atoms with Gasteiger partial charge in [-0.05, 0) is 30.7 Å². The third-order valence-electron chi connectivity index (χ3n) is 3.31. The molecular formula is C15H18F3N3. The fourth-order valence-electron chi connectivity index (χ4n) is 2.12. The van der Waals surface area contributed by atoms with Gasteiger partial charge in [0, 0.05) is 32.3 Å². The fraction of sp³-hybridized carbons (Fsp3) is 0.400. The maximum atomic E-state index is 12.7. The van der Waals surface area contributed by atoms with Crippen molar-refractivity contribution in [2.24, 2.45) is 7.05 Å². The van der Waals surface area contributed by atoms with Crippen LogP contribution in [0.5, 0.6) is 0 Å². The highest BCUT2D eigenvalue weighted by Crippen LogP contribution is 2.30. The first kappa shape index (κ1) is 15.6. The number of nitrogens with zero attached hydrogens (tertiary/aromatic N) is 2. The Kier molecular flexibility index (Phi) is 4.67. The summed E-state index contributed by atoms with van der Waals surface area (Å²) in [6.07, 6.45) is -1.70. The lowest BCUT2D eigenvalue weighted by atomic mass is 10.0. The molecule has 0 spiro atoms. The summed E-state index contributed by atoms with van der Waals surface area (Å²) in [5, 5.41) is 7.47. The van der Waals surface area contributed by atoms with Crippen LogP contribution in [0, 0.1) is 0 Å². The topological polar surface area (TPSA) is 29.9 Å². The molecule has 1 heterocycles. The lowest BCUT2D eigenvalue weighted by Gasteiger charge is -2.16. The summed E-state index contributed by atoms with van der Waals surface area (Å²) in [6, 6.07) is 7.21. The number of benzene rings is 1. The Balaban J connectivity index is 1.92. The number of nitrogens with one attached hydrogen (secondary N) is 1. The molecule has 0 aliphatic carbocycles. The highest BCUT2D eigenvalue weighted by molar-refractivity contribution is 5.27. The number of hydrogen-bond acceptors (Lipinski definition) is 2. The third-order valence-corrected chi connectivity index (χ3v) is 3.31. The van der Waals surface area contributed by atoms with Gasteiger partial charge in [-0.25, -0.2) is 0 Å². The molecule has 1 atom stereocenters. The predicted molar refractivity (Wildman–Crippen MR) is 74.8 cm³/mol. The van der Waals surface area contributed by atoms with E-state index in [2.05, 4.69) is 10.4 Å². The van der Waals surface area contributed by atoms with E-state index < -0.39 is 11.7 Å². The molecule has 0 saturated carbocycles. The van der Waals surface area contributed by atoms with E-state index in [9.17, 15) is 13.2 Å². The van der Waals surface area contributed by atoms with Crippen LogP contribution in [-0.4, -0.2) is 16.3 Å². The Morgan fingerprint density at radius 3 is 2.67 bits per heavy atom. The summed E-state index contributed by atoms with van der Waals surface area (Å²) in [5.41, 5.74) is 0.977. The minimum Gasteiger partial charge on any atom is -0.310 e. The Morgan fingerprint density at radius 2 is 2.05 bits per heavy atom. The summed E-state index contributed by atoms with van der Waals surface area (Å²) in [4.78, 5) is 0. The van der Waals surface area contributed by atoms with Gasteiger partial charge in [-0.1, -0.05) is 12.1 Å². The lowest BCUT2D eigenvalue weighted by molar-refractivity contribution is -0.137. The van der Waals surface area contributed by atoms with Crippen molar-refractivity contribution < 1.29 is 13.2 Å². The second-order valence-electron chi connectivity index (χ2n) is 5.03. The first-order valence-corrected chi connectivity index (χ1v) is 6.75. The highest BCUT2D eigenvalue weighted by atomic mass is 19.4. The van der Waals surface area contributed by atoms with Crippen LogP contribution in [0.4, 0.5) is 13.2 Å². The van der Waals surface area contributed by atoms with E-state index in [1.807, 2.05) is 26.2 Å². The first-order chi connectivity index (χ1) is 9.86. The van der Waals surface area contributed by atoms with Crippen LogP contribution in [0.3, 0.4) is 0 Å². The summed E-state index contributed by atoms with van der Waals surface area (Å²) in [7, 11) is 1.85. The Hall–Kier alpha value is -1.82. The van der Waals surface area contributed by atoms with Crippen molar-refractivity contribution in [1.82, 2.24) is 15.1 Å². The normalized spacial score (nSPS) is 13.4. The molecule has 0 aliphatic heterocycles. The van der Waals surface area contributed by atoms with Crippen LogP contribution in [0.15, 0.2) is 36.5 Å². The van der Waals surface area contributed by atoms with E-state index >= 15 is 0 Å². The van der Waals surface area contributed by atoms with Crippen LogP contribution >= 0.6 is 0 Å². The van der Waals surface area contributed by atoms with E-state index in [0.717, 1.165) is 18.2 Å². The summed E-state index contributed by atoms with van der Waals surface area (Å²) in [5.74, 6) is 0. The minimum atomic E-state index is -4.30. The molecule has 1 N–H and O–H groups in total. The zero-order valence-electron chi connectivity index (χ0n) is 12.0. The molecule has 0 fully saturated rings. The van der Waals surface area contributed by atoms with Crippen molar-refractivity contribution in [3.63, 3.8) is 0 Å². The lowest BCUT2D eigenvalue weighted by Crippen LogP contribution is -2.22. The van der Waals surface area contributed by atoms with Crippen LogP contribution in [0.25, 0.3) is 0 Å². The van der Waals surface area contributed by atoms with Gasteiger partial charge in [0.2, 0.25) is 0 Å². The van der Waals surface area contributed by atoms with E-state index in [-0.39, 0.29) is 6.04 Å². The van der Waals surface area contributed by atoms with Gasteiger partial charge < -0.3 is 5.32 Å². The summed E-state index contributed by atoms with van der Waals surface area (Å²) in [6.45, 7) is 2.52. The standard InChI is InChI=1S/C15H18F3N3/c1-11(19-8-6-14-7-9-21(2)20-14)12-4-3-5-13(10-12)15(16,17)18/h3-5,7,9-11,19H,6,8H2,1-2H3. The van der Waals surface area contributed by atoms with Gasteiger partial charge >= 0.3 is 6.18 Å². The number of aromatic nitrogens is 2. The van der Waals surface area contributed by atoms with Gasteiger partial charge in [-0.2, -0.15) is 18.3 Å². The molecule has 2 aromatic rings. The average Bonchev–Trinajstić information content (AvgIpc) is 2.83. The Morgan fingerprint density at radius 1 is 1.29 bits per heavy atom. The number of aryl methyl sites for hydroxylation is 1. The molecular weight excluding hydrogens is 279 g/mol. The summed E-state index contributed by atoms with van der Waals surface area (Å²) >= 11 is 0. The van der Waals surface area contributed by atoms with E-state index in [4.69, 9.17) is 0 Å². The van der Waals surface area contributed by atoms with Crippen LogP contribution in [0.1, 0.15) is 29.8 Å². The van der Waals surface area contributed by atoms with Crippen LogP contribution in [-0.2, 0) is 19.6 Å². The molecule has 0 saturated heterocycles. The molecule has 3 nitrogen and oxygen atoms in total. The Labute approximate surface area is 121 Å². The van der Waals surface area contributed by atoms with Gasteiger partial charge in [-0.15, -0.1) is 0 Å². The van der Waals surface area contributed by atoms with Crippen LogP contribution < -0.4 is 5.32 Å². The maximum absolute atomic E-state index is 12.7. The SMILES string of the molecule is CC(NCCc1ccn(C)n1)c1cccc(C(F)(F)F)c1. The van der Waals surface area contributed by atoms with Gasteiger partial charge in [0.25, 0.3) is 0 Å². The predicted octanol–water partition coefficient (Wildman–Crippen LogP) is 3.33. The molecule has 1 unspecified atom stereocenters. The Bertz CT molecular complexity index is 590.